The topological polar surface area (TPSA) is 15.7 Å². The highest BCUT2D eigenvalue weighted by atomic mass is 16.7. The van der Waals surface area contributed by atoms with E-state index in [1.165, 1.54) is 5.57 Å². The van der Waals surface area contributed by atoms with Gasteiger partial charge in [-0.05, 0) is 19.4 Å². The van der Waals surface area contributed by atoms with Crippen molar-refractivity contribution in [2.75, 3.05) is 20.2 Å². The standard InChI is InChI=1S/C7H14N2O/c1-4-8-5-7(2)6-9(8)10-3/h5H,4,6H2,1-3H3. The van der Waals surface area contributed by atoms with E-state index in [2.05, 4.69) is 25.1 Å². The first kappa shape index (κ1) is 7.57. The first-order valence-corrected chi connectivity index (χ1v) is 3.53. The molecule has 0 aromatic heterocycles. The molecule has 0 atom stereocenters. The van der Waals surface area contributed by atoms with Crippen LogP contribution in [0.4, 0.5) is 0 Å². The first-order valence-electron chi connectivity index (χ1n) is 3.53. The van der Waals surface area contributed by atoms with Gasteiger partial charge in [-0.2, -0.15) is 0 Å². The molecule has 0 aromatic rings. The number of hydrogen-bond acceptors (Lipinski definition) is 3. The van der Waals surface area contributed by atoms with Crippen LogP contribution < -0.4 is 0 Å². The van der Waals surface area contributed by atoms with Crippen LogP contribution in [0, 0.1) is 0 Å². The Morgan fingerprint density at radius 3 is 2.80 bits per heavy atom. The maximum atomic E-state index is 5.09. The monoisotopic (exact) mass is 142 g/mol. The minimum absolute atomic E-state index is 0.893. The lowest BCUT2D eigenvalue weighted by atomic mass is 10.4. The molecule has 0 amide bonds. The number of nitrogens with zero attached hydrogens (tertiary/aromatic N) is 2. The van der Waals surface area contributed by atoms with Crippen molar-refractivity contribution in [3.05, 3.63) is 11.8 Å². The smallest absolute Gasteiger partial charge is 0.0679 e. The van der Waals surface area contributed by atoms with Gasteiger partial charge in [-0.25, -0.2) is 0 Å². The van der Waals surface area contributed by atoms with E-state index < -0.39 is 0 Å². The molecule has 0 aliphatic carbocycles. The molecule has 3 nitrogen and oxygen atoms in total. The fraction of sp³-hybridized carbons (Fsp3) is 0.714. The Morgan fingerprint density at radius 2 is 2.40 bits per heavy atom. The number of hydrogen-bond donors (Lipinski definition) is 0. The van der Waals surface area contributed by atoms with Crippen molar-refractivity contribution in [2.45, 2.75) is 13.8 Å². The summed E-state index contributed by atoms with van der Waals surface area (Å²) in [5.41, 5.74) is 1.34. The van der Waals surface area contributed by atoms with Crippen molar-refractivity contribution in [1.29, 1.82) is 0 Å². The average molecular weight is 142 g/mol. The molecule has 0 fully saturated rings. The minimum Gasteiger partial charge on any atom is -0.290 e. The molecule has 1 heterocycles. The molecule has 0 unspecified atom stereocenters. The van der Waals surface area contributed by atoms with Gasteiger partial charge in [-0.15, -0.1) is 0 Å². The molecule has 0 saturated heterocycles. The van der Waals surface area contributed by atoms with Crippen LogP contribution in [0.1, 0.15) is 13.8 Å². The highest BCUT2D eigenvalue weighted by molar-refractivity contribution is 5.03. The second-order valence-electron chi connectivity index (χ2n) is 2.42. The Bertz CT molecular complexity index is 145. The molecule has 58 valence electrons. The SMILES string of the molecule is CCN1C=C(C)CN1OC. The summed E-state index contributed by atoms with van der Waals surface area (Å²) < 4.78 is 0. The van der Waals surface area contributed by atoms with Gasteiger partial charge < -0.3 is 0 Å². The van der Waals surface area contributed by atoms with Crippen molar-refractivity contribution in [1.82, 2.24) is 10.2 Å². The van der Waals surface area contributed by atoms with Gasteiger partial charge in [0.05, 0.1) is 13.7 Å². The fourth-order valence-electron chi connectivity index (χ4n) is 1.08. The quantitative estimate of drug-likeness (QED) is 0.572. The highest BCUT2D eigenvalue weighted by Crippen LogP contribution is 2.12. The molecule has 10 heavy (non-hydrogen) atoms. The Hall–Kier alpha value is -0.540. The summed E-state index contributed by atoms with van der Waals surface area (Å²) in [7, 11) is 1.69. The zero-order valence-corrected chi connectivity index (χ0v) is 6.79. The van der Waals surface area contributed by atoms with Crippen molar-refractivity contribution >= 4 is 0 Å². The maximum Gasteiger partial charge on any atom is 0.0679 e. The van der Waals surface area contributed by atoms with E-state index in [0.29, 0.717) is 0 Å². The molecule has 1 aliphatic rings. The lowest BCUT2D eigenvalue weighted by molar-refractivity contribution is -0.231. The van der Waals surface area contributed by atoms with E-state index in [4.69, 9.17) is 4.84 Å². The van der Waals surface area contributed by atoms with Crippen LogP contribution >= 0.6 is 0 Å². The van der Waals surface area contributed by atoms with Crippen molar-refractivity contribution in [3.63, 3.8) is 0 Å². The molecule has 0 radical (unpaired) electrons. The van der Waals surface area contributed by atoms with Gasteiger partial charge in [0.15, 0.2) is 0 Å². The van der Waals surface area contributed by atoms with E-state index in [1.807, 2.05) is 5.17 Å². The van der Waals surface area contributed by atoms with Crippen LogP contribution in [0.5, 0.6) is 0 Å². The number of hydroxylamine groups is 1. The Labute approximate surface area is 61.8 Å². The molecular weight excluding hydrogens is 128 g/mol. The van der Waals surface area contributed by atoms with Crippen LogP contribution in [0.3, 0.4) is 0 Å². The van der Waals surface area contributed by atoms with E-state index in [0.717, 1.165) is 13.1 Å². The maximum absolute atomic E-state index is 5.09. The lowest BCUT2D eigenvalue weighted by Gasteiger charge is -2.24. The van der Waals surface area contributed by atoms with Crippen LogP contribution in [0.2, 0.25) is 0 Å². The zero-order valence-electron chi connectivity index (χ0n) is 6.79. The Morgan fingerprint density at radius 1 is 1.70 bits per heavy atom. The first-order chi connectivity index (χ1) is 4.77. The van der Waals surface area contributed by atoms with Gasteiger partial charge >= 0.3 is 0 Å². The molecule has 3 heteroatoms. The Balaban J connectivity index is 2.52. The predicted octanol–water partition coefficient (Wildman–Crippen LogP) is 1.00. The molecule has 1 rings (SSSR count). The Kier molecular flexibility index (Phi) is 2.29. The van der Waals surface area contributed by atoms with Gasteiger partial charge in [-0.3, -0.25) is 9.85 Å². The largest absolute Gasteiger partial charge is 0.290 e. The summed E-state index contributed by atoms with van der Waals surface area (Å²) in [6, 6.07) is 0. The van der Waals surface area contributed by atoms with Gasteiger partial charge in [0, 0.05) is 12.7 Å². The highest BCUT2D eigenvalue weighted by Gasteiger charge is 2.16. The average Bonchev–Trinajstić information content (AvgIpc) is 2.30. The van der Waals surface area contributed by atoms with Crippen LogP contribution in [0.25, 0.3) is 0 Å². The summed E-state index contributed by atoms with van der Waals surface area (Å²) >= 11 is 0. The van der Waals surface area contributed by atoms with E-state index in [9.17, 15) is 0 Å². The van der Waals surface area contributed by atoms with Crippen LogP contribution in [-0.2, 0) is 4.84 Å². The molecule has 0 aromatic carbocycles. The van der Waals surface area contributed by atoms with Gasteiger partial charge in [0.25, 0.3) is 0 Å². The fourth-order valence-corrected chi connectivity index (χ4v) is 1.08. The molecule has 0 saturated carbocycles. The summed E-state index contributed by atoms with van der Waals surface area (Å²) in [6.07, 6.45) is 2.10. The van der Waals surface area contributed by atoms with Crippen LogP contribution in [-0.4, -0.2) is 30.4 Å². The summed E-state index contributed by atoms with van der Waals surface area (Å²) in [5.74, 6) is 0. The van der Waals surface area contributed by atoms with Gasteiger partial charge in [0.2, 0.25) is 0 Å². The number of rotatable bonds is 2. The summed E-state index contributed by atoms with van der Waals surface area (Å²) in [6.45, 7) is 6.05. The van der Waals surface area contributed by atoms with E-state index >= 15 is 0 Å². The predicted molar refractivity (Wildman–Crippen MR) is 39.9 cm³/mol. The second-order valence-corrected chi connectivity index (χ2v) is 2.42. The van der Waals surface area contributed by atoms with E-state index in [1.54, 1.807) is 7.11 Å². The van der Waals surface area contributed by atoms with Gasteiger partial charge in [-0.1, -0.05) is 5.17 Å². The minimum atomic E-state index is 0.893. The third-order valence-electron chi connectivity index (χ3n) is 1.58. The molecule has 0 N–H and O–H groups in total. The third-order valence-corrected chi connectivity index (χ3v) is 1.58. The van der Waals surface area contributed by atoms with Crippen molar-refractivity contribution in [2.24, 2.45) is 0 Å². The molecular formula is C7H14N2O. The van der Waals surface area contributed by atoms with Crippen LogP contribution in [0.15, 0.2) is 11.8 Å². The van der Waals surface area contributed by atoms with Crippen molar-refractivity contribution < 1.29 is 4.84 Å². The summed E-state index contributed by atoms with van der Waals surface area (Å²) in [4.78, 5) is 5.09. The molecule has 0 spiro atoms. The lowest BCUT2D eigenvalue weighted by Crippen LogP contribution is -2.33. The third kappa shape index (κ3) is 1.30. The van der Waals surface area contributed by atoms with E-state index in [-0.39, 0.29) is 0 Å². The summed E-state index contributed by atoms with van der Waals surface area (Å²) in [5, 5.41) is 3.89. The molecule has 1 aliphatic heterocycles. The normalized spacial score (nSPS) is 19.9. The zero-order chi connectivity index (χ0) is 7.56. The van der Waals surface area contributed by atoms with Crippen molar-refractivity contribution in [3.8, 4) is 0 Å². The van der Waals surface area contributed by atoms with Gasteiger partial charge in [0.1, 0.15) is 0 Å². The molecule has 0 bridgehead atoms. The number of hydrazine groups is 1. The second kappa shape index (κ2) is 3.03.